The van der Waals surface area contributed by atoms with Crippen molar-refractivity contribution >= 4 is 16.5 Å². The lowest BCUT2D eigenvalue weighted by Gasteiger charge is -2.23. The number of rotatable bonds is 0. The summed E-state index contributed by atoms with van der Waals surface area (Å²) in [6.45, 7) is 0.524. The van der Waals surface area contributed by atoms with Crippen LogP contribution in [0, 0.1) is 0 Å². The van der Waals surface area contributed by atoms with Gasteiger partial charge in [-0.05, 0) is 23.6 Å². The van der Waals surface area contributed by atoms with Crippen molar-refractivity contribution in [2.24, 2.45) is 0 Å². The Labute approximate surface area is 110 Å². The van der Waals surface area contributed by atoms with Gasteiger partial charge in [0, 0.05) is 16.6 Å². The van der Waals surface area contributed by atoms with Crippen LogP contribution in [0.3, 0.4) is 0 Å². The van der Waals surface area contributed by atoms with Gasteiger partial charge in [-0.25, -0.2) is 0 Å². The molecule has 0 amide bonds. The van der Waals surface area contributed by atoms with Crippen LogP contribution in [0.1, 0.15) is 0 Å². The molecule has 4 rings (SSSR count). The van der Waals surface area contributed by atoms with Crippen LogP contribution in [-0.2, 0) is 6.67 Å². The molecule has 0 unspecified atom stereocenters. The summed E-state index contributed by atoms with van der Waals surface area (Å²) >= 11 is 0. The molecule has 1 aliphatic rings. The Kier molecular flexibility index (Phi) is 2.03. The van der Waals surface area contributed by atoms with Gasteiger partial charge in [-0.15, -0.1) is 0 Å². The zero-order chi connectivity index (χ0) is 12.8. The topological polar surface area (TPSA) is 34.0 Å². The molecule has 0 spiro atoms. The van der Waals surface area contributed by atoms with E-state index in [1.54, 1.807) is 4.57 Å². The Morgan fingerprint density at radius 1 is 1.00 bits per heavy atom. The van der Waals surface area contributed by atoms with Crippen molar-refractivity contribution in [2.45, 2.75) is 6.67 Å². The summed E-state index contributed by atoms with van der Waals surface area (Å²) in [4.78, 5) is 12.5. The van der Waals surface area contributed by atoms with Crippen molar-refractivity contribution in [1.29, 1.82) is 0 Å². The summed E-state index contributed by atoms with van der Waals surface area (Å²) in [5.74, 6) is 0. The van der Waals surface area contributed by atoms with Crippen LogP contribution in [0.15, 0.2) is 59.4 Å². The first-order chi connectivity index (χ1) is 9.34. The highest BCUT2D eigenvalue weighted by Gasteiger charge is 2.17. The molecule has 92 valence electrons. The minimum absolute atomic E-state index is 0.0649. The maximum absolute atomic E-state index is 12.5. The predicted octanol–water partition coefficient (Wildman–Crippen LogP) is 3.05. The number of hydrogen-bond acceptors (Lipinski definition) is 2. The van der Waals surface area contributed by atoms with E-state index in [1.807, 2.05) is 48.5 Å². The molecule has 0 bridgehead atoms. The first kappa shape index (κ1) is 10.4. The Balaban J connectivity index is 2.15. The molecule has 1 aliphatic heterocycles. The predicted molar refractivity (Wildman–Crippen MR) is 77.3 cm³/mol. The molecule has 0 radical (unpaired) electrons. The van der Waals surface area contributed by atoms with Crippen LogP contribution in [0.5, 0.6) is 0 Å². The quantitative estimate of drug-likeness (QED) is 0.663. The second-order valence-corrected chi connectivity index (χ2v) is 4.73. The number of nitrogens with zero attached hydrogens (tertiary/aromatic N) is 1. The number of pyridine rings is 1. The van der Waals surface area contributed by atoms with E-state index in [9.17, 15) is 4.79 Å². The second kappa shape index (κ2) is 3.72. The summed E-state index contributed by atoms with van der Waals surface area (Å²) in [6, 6.07) is 17.9. The van der Waals surface area contributed by atoms with Gasteiger partial charge in [0.1, 0.15) is 0 Å². The lowest BCUT2D eigenvalue weighted by Crippen LogP contribution is -2.28. The van der Waals surface area contributed by atoms with Crippen LogP contribution >= 0.6 is 0 Å². The van der Waals surface area contributed by atoms with Crippen LogP contribution in [0.25, 0.3) is 22.0 Å². The molecule has 2 heterocycles. The SMILES string of the molecule is O=c1c2ccccc2cc2n1CNc1ccccc1-2. The van der Waals surface area contributed by atoms with Crippen molar-refractivity contribution < 1.29 is 0 Å². The van der Waals surface area contributed by atoms with Crippen molar-refractivity contribution in [3.05, 3.63) is 65.0 Å². The maximum Gasteiger partial charge on any atom is 0.260 e. The van der Waals surface area contributed by atoms with Crippen molar-refractivity contribution in [3.63, 3.8) is 0 Å². The summed E-state index contributed by atoms with van der Waals surface area (Å²) < 4.78 is 1.80. The van der Waals surface area contributed by atoms with E-state index in [1.165, 1.54) is 0 Å². The fraction of sp³-hybridized carbons (Fsp3) is 0.0625. The van der Waals surface area contributed by atoms with Gasteiger partial charge in [-0.3, -0.25) is 9.36 Å². The minimum Gasteiger partial charge on any atom is -0.367 e. The van der Waals surface area contributed by atoms with Gasteiger partial charge in [-0.1, -0.05) is 36.4 Å². The average molecular weight is 248 g/mol. The molecule has 0 saturated heterocycles. The smallest absolute Gasteiger partial charge is 0.260 e. The number of aromatic nitrogens is 1. The minimum atomic E-state index is 0.0649. The maximum atomic E-state index is 12.5. The van der Waals surface area contributed by atoms with Gasteiger partial charge in [0.2, 0.25) is 0 Å². The van der Waals surface area contributed by atoms with Crippen molar-refractivity contribution in [2.75, 3.05) is 5.32 Å². The normalized spacial score (nSPS) is 12.6. The highest BCUT2D eigenvalue weighted by Crippen LogP contribution is 2.31. The average Bonchev–Trinajstić information content (AvgIpc) is 2.47. The molecule has 3 aromatic rings. The first-order valence-electron chi connectivity index (χ1n) is 6.30. The lowest BCUT2D eigenvalue weighted by molar-refractivity contribution is 0.743. The highest BCUT2D eigenvalue weighted by molar-refractivity contribution is 5.88. The third kappa shape index (κ3) is 1.41. The van der Waals surface area contributed by atoms with E-state index in [0.717, 1.165) is 27.7 Å². The third-order valence-corrected chi connectivity index (χ3v) is 3.65. The molecule has 0 saturated carbocycles. The van der Waals surface area contributed by atoms with Crippen LogP contribution in [0.4, 0.5) is 5.69 Å². The fourth-order valence-electron chi connectivity index (χ4n) is 2.70. The number of anilines is 1. The molecule has 0 atom stereocenters. The zero-order valence-corrected chi connectivity index (χ0v) is 10.3. The highest BCUT2D eigenvalue weighted by atomic mass is 16.1. The largest absolute Gasteiger partial charge is 0.367 e. The van der Waals surface area contributed by atoms with E-state index in [-0.39, 0.29) is 5.56 Å². The molecule has 3 heteroatoms. The number of nitrogens with one attached hydrogen (secondary N) is 1. The Bertz CT molecular complexity index is 849. The van der Waals surface area contributed by atoms with Gasteiger partial charge >= 0.3 is 0 Å². The molecule has 19 heavy (non-hydrogen) atoms. The molecule has 2 aromatic carbocycles. The second-order valence-electron chi connectivity index (χ2n) is 4.73. The molecule has 0 fully saturated rings. The van der Waals surface area contributed by atoms with Crippen molar-refractivity contribution in [3.8, 4) is 11.3 Å². The number of para-hydroxylation sites is 1. The van der Waals surface area contributed by atoms with E-state index >= 15 is 0 Å². The van der Waals surface area contributed by atoms with E-state index in [0.29, 0.717) is 6.67 Å². The van der Waals surface area contributed by atoms with Gasteiger partial charge in [0.15, 0.2) is 0 Å². The van der Waals surface area contributed by atoms with E-state index in [4.69, 9.17) is 0 Å². The zero-order valence-electron chi connectivity index (χ0n) is 10.3. The molecule has 3 nitrogen and oxygen atoms in total. The van der Waals surface area contributed by atoms with Gasteiger partial charge in [0.05, 0.1) is 12.4 Å². The van der Waals surface area contributed by atoms with Crippen LogP contribution < -0.4 is 10.9 Å². The number of fused-ring (bicyclic) bond motifs is 4. The Morgan fingerprint density at radius 3 is 2.74 bits per heavy atom. The summed E-state index contributed by atoms with van der Waals surface area (Å²) in [5.41, 5.74) is 3.21. The van der Waals surface area contributed by atoms with Gasteiger partial charge in [0.25, 0.3) is 5.56 Å². The molecule has 0 aliphatic carbocycles. The fourth-order valence-corrected chi connectivity index (χ4v) is 2.70. The summed E-state index contributed by atoms with van der Waals surface area (Å²) in [6.07, 6.45) is 0. The first-order valence-corrected chi connectivity index (χ1v) is 6.30. The Morgan fingerprint density at radius 2 is 1.79 bits per heavy atom. The van der Waals surface area contributed by atoms with E-state index in [2.05, 4.69) is 11.4 Å². The standard InChI is InChI=1S/C16H12N2O/c19-16-12-6-2-1-5-11(12)9-15-13-7-3-4-8-14(13)17-10-18(15)16/h1-9,17H,10H2. The van der Waals surface area contributed by atoms with Crippen molar-refractivity contribution in [1.82, 2.24) is 4.57 Å². The summed E-state index contributed by atoms with van der Waals surface area (Å²) in [7, 11) is 0. The monoisotopic (exact) mass is 248 g/mol. The molecule has 1 aromatic heterocycles. The molecule has 1 N–H and O–H groups in total. The molecular formula is C16H12N2O. The summed E-state index contributed by atoms with van der Waals surface area (Å²) in [5, 5.41) is 5.05. The van der Waals surface area contributed by atoms with E-state index < -0.39 is 0 Å². The Hall–Kier alpha value is -2.55. The van der Waals surface area contributed by atoms with Gasteiger partial charge in [-0.2, -0.15) is 0 Å². The van der Waals surface area contributed by atoms with Crippen LogP contribution in [-0.4, -0.2) is 4.57 Å². The number of benzene rings is 2. The molecular weight excluding hydrogens is 236 g/mol. The third-order valence-electron chi connectivity index (χ3n) is 3.65. The van der Waals surface area contributed by atoms with Gasteiger partial charge < -0.3 is 5.32 Å². The lowest BCUT2D eigenvalue weighted by atomic mass is 10.0. The van der Waals surface area contributed by atoms with Crippen LogP contribution in [0.2, 0.25) is 0 Å². The number of hydrogen-bond donors (Lipinski definition) is 1.